The van der Waals surface area contributed by atoms with Crippen molar-refractivity contribution in [2.24, 2.45) is 0 Å². The van der Waals surface area contributed by atoms with E-state index in [1.807, 2.05) is 17.5 Å². The molecular weight excluding hydrogens is 384 g/mol. The topological polar surface area (TPSA) is 67.3 Å². The highest BCUT2D eigenvalue weighted by atomic mass is 32.1. The number of morpholine rings is 1. The summed E-state index contributed by atoms with van der Waals surface area (Å²) in [4.78, 5) is 25.9. The summed E-state index contributed by atoms with van der Waals surface area (Å²) in [5.74, 6) is 1.93. The Hall–Kier alpha value is -2.16. The van der Waals surface area contributed by atoms with E-state index >= 15 is 0 Å². The summed E-state index contributed by atoms with van der Waals surface area (Å²) in [5, 5.41) is 1.25. The Balaban J connectivity index is 1.53. The number of aromatic nitrogens is 4. The first-order chi connectivity index (χ1) is 14.3. The van der Waals surface area contributed by atoms with E-state index in [1.54, 1.807) is 12.4 Å². The van der Waals surface area contributed by atoms with Crippen molar-refractivity contribution >= 4 is 27.4 Å². The normalized spacial score (nSPS) is 17.4. The van der Waals surface area contributed by atoms with Gasteiger partial charge in [-0.25, -0.2) is 9.97 Å². The fourth-order valence-corrected chi connectivity index (χ4v) is 5.49. The summed E-state index contributed by atoms with van der Waals surface area (Å²) in [6.45, 7) is 4.90. The highest BCUT2D eigenvalue weighted by Gasteiger charge is 2.24. The molecule has 1 fully saturated rings. The smallest absolute Gasteiger partial charge is 0.146 e. The Morgan fingerprint density at radius 1 is 1.14 bits per heavy atom. The van der Waals surface area contributed by atoms with Gasteiger partial charge in [0.25, 0.3) is 0 Å². The molecule has 0 saturated carbocycles. The number of nitrogens with zero attached hydrogens (tertiary/aromatic N) is 6. The van der Waals surface area contributed by atoms with Crippen molar-refractivity contribution in [1.82, 2.24) is 24.8 Å². The van der Waals surface area contributed by atoms with Crippen molar-refractivity contribution in [3.63, 3.8) is 0 Å². The predicted octanol–water partition coefficient (Wildman–Crippen LogP) is 2.83. The summed E-state index contributed by atoms with van der Waals surface area (Å²) < 4.78 is 5.49. The molecule has 3 aromatic rings. The van der Waals surface area contributed by atoms with E-state index in [0.29, 0.717) is 6.54 Å². The van der Waals surface area contributed by atoms with Crippen LogP contribution >= 0.6 is 11.3 Å². The van der Waals surface area contributed by atoms with Crippen LogP contribution in [0.1, 0.15) is 34.8 Å². The first kappa shape index (κ1) is 18.8. The third-order valence-corrected chi connectivity index (χ3v) is 6.87. The van der Waals surface area contributed by atoms with Gasteiger partial charge in [-0.05, 0) is 31.2 Å². The van der Waals surface area contributed by atoms with Crippen molar-refractivity contribution in [3.8, 4) is 0 Å². The average Bonchev–Trinajstić information content (AvgIpc) is 3.13. The number of ether oxygens (including phenoxy) is 1. The van der Waals surface area contributed by atoms with Gasteiger partial charge in [-0.2, -0.15) is 0 Å². The second kappa shape index (κ2) is 8.30. The van der Waals surface area contributed by atoms with Crippen LogP contribution in [-0.4, -0.2) is 58.2 Å². The van der Waals surface area contributed by atoms with Gasteiger partial charge in [-0.15, -0.1) is 11.3 Å². The van der Waals surface area contributed by atoms with Crippen molar-refractivity contribution < 1.29 is 4.74 Å². The number of hydrogen-bond acceptors (Lipinski definition) is 8. The molecule has 0 N–H and O–H groups in total. The molecule has 0 spiro atoms. The largest absolute Gasteiger partial charge is 0.379 e. The van der Waals surface area contributed by atoms with Crippen LogP contribution in [0.5, 0.6) is 0 Å². The van der Waals surface area contributed by atoms with Crippen molar-refractivity contribution in [3.05, 3.63) is 40.5 Å². The van der Waals surface area contributed by atoms with Crippen molar-refractivity contribution in [2.45, 2.75) is 38.8 Å². The summed E-state index contributed by atoms with van der Waals surface area (Å²) in [6, 6.07) is 0. The molecule has 4 heterocycles. The van der Waals surface area contributed by atoms with Gasteiger partial charge in [-0.3, -0.25) is 14.9 Å². The first-order valence-electron chi connectivity index (χ1n) is 10.4. The minimum Gasteiger partial charge on any atom is -0.379 e. The zero-order valence-electron chi connectivity index (χ0n) is 16.8. The number of thiophene rings is 1. The third kappa shape index (κ3) is 3.97. The van der Waals surface area contributed by atoms with Crippen LogP contribution in [0.25, 0.3) is 10.2 Å². The monoisotopic (exact) mass is 410 g/mol. The van der Waals surface area contributed by atoms with Crippen LogP contribution in [0, 0.1) is 0 Å². The Morgan fingerprint density at radius 3 is 2.83 bits per heavy atom. The standard InChI is InChI=1S/C21H26N6OS/c1-26(13-15-12-22-6-7-23-15)20-19-16-4-2-3-5-17(16)29-21(19)25-18(24-20)14-27-8-10-28-11-9-27/h6-7,12H,2-5,8-11,13-14H2,1H3. The lowest BCUT2D eigenvalue weighted by atomic mass is 9.97. The quantitative estimate of drug-likeness (QED) is 0.641. The minimum atomic E-state index is 0.682. The molecule has 5 rings (SSSR count). The molecule has 1 aliphatic heterocycles. The minimum absolute atomic E-state index is 0.682. The van der Waals surface area contributed by atoms with Gasteiger partial charge >= 0.3 is 0 Å². The molecule has 1 aliphatic carbocycles. The molecule has 7 nitrogen and oxygen atoms in total. The lowest BCUT2D eigenvalue weighted by molar-refractivity contribution is 0.0331. The van der Waals surface area contributed by atoms with E-state index < -0.39 is 0 Å². The number of anilines is 1. The lowest BCUT2D eigenvalue weighted by Crippen LogP contribution is -2.36. The second-order valence-corrected chi connectivity index (χ2v) is 8.88. The molecule has 0 unspecified atom stereocenters. The van der Waals surface area contributed by atoms with Gasteiger partial charge in [-0.1, -0.05) is 0 Å². The Kier molecular flexibility index (Phi) is 5.39. The van der Waals surface area contributed by atoms with Gasteiger partial charge in [0.1, 0.15) is 16.5 Å². The fraction of sp³-hybridized carbons (Fsp3) is 0.524. The second-order valence-electron chi connectivity index (χ2n) is 7.80. The molecule has 1 saturated heterocycles. The molecule has 0 amide bonds. The molecule has 3 aromatic heterocycles. The maximum Gasteiger partial charge on any atom is 0.146 e. The summed E-state index contributed by atoms with van der Waals surface area (Å²) in [5.41, 5.74) is 2.41. The summed E-state index contributed by atoms with van der Waals surface area (Å²) in [7, 11) is 2.10. The van der Waals surface area contributed by atoms with Gasteiger partial charge < -0.3 is 9.64 Å². The van der Waals surface area contributed by atoms with Crippen LogP contribution in [0.4, 0.5) is 5.82 Å². The van der Waals surface area contributed by atoms with Gasteiger partial charge in [0.15, 0.2) is 0 Å². The molecule has 0 bridgehead atoms. The van der Waals surface area contributed by atoms with E-state index in [4.69, 9.17) is 14.7 Å². The Morgan fingerprint density at radius 2 is 2.00 bits per heavy atom. The predicted molar refractivity (Wildman–Crippen MR) is 114 cm³/mol. The molecule has 0 aromatic carbocycles. The summed E-state index contributed by atoms with van der Waals surface area (Å²) >= 11 is 1.86. The molecular formula is C21H26N6OS. The van der Waals surface area contributed by atoms with E-state index in [2.05, 4.69) is 26.8 Å². The molecule has 29 heavy (non-hydrogen) atoms. The molecule has 152 valence electrons. The van der Waals surface area contributed by atoms with Crippen molar-refractivity contribution in [1.29, 1.82) is 0 Å². The first-order valence-corrected chi connectivity index (χ1v) is 11.2. The highest BCUT2D eigenvalue weighted by molar-refractivity contribution is 7.19. The van der Waals surface area contributed by atoms with Crippen LogP contribution in [0.2, 0.25) is 0 Å². The Labute approximate surface area is 174 Å². The SMILES string of the molecule is CN(Cc1cnccn1)c1nc(CN2CCOCC2)nc2sc3c(c12)CCCC3. The van der Waals surface area contributed by atoms with Gasteiger partial charge in [0.05, 0.1) is 43.6 Å². The fourth-order valence-electron chi connectivity index (χ4n) is 4.22. The lowest BCUT2D eigenvalue weighted by Gasteiger charge is -2.26. The average molecular weight is 411 g/mol. The zero-order chi connectivity index (χ0) is 19.6. The number of hydrogen-bond donors (Lipinski definition) is 0. The van der Waals surface area contributed by atoms with E-state index in [-0.39, 0.29) is 0 Å². The number of fused-ring (bicyclic) bond motifs is 3. The van der Waals surface area contributed by atoms with Crippen LogP contribution in [0.15, 0.2) is 18.6 Å². The molecule has 0 radical (unpaired) electrons. The number of aryl methyl sites for hydroxylation is 2. The van der Waals surface area contributed by atoms with Crippen LogP contribution < -0.4 is 4.90 Å². The van der Waals surface area contributed by atoms with Crippen LogP contribution in [0.3, 0.4) is 0 Å². The molecule has 8 heteroatoms. The van der Waals surface area contributed by atoms with Crippen LogP contribution in [-0.2, 0) is 30.7 Å². The zero-order valence-corrected chi connectivity index (χ0v) is 17.6. The maximum atomic E-state index is 5.49. The summed E-state index contributed by atoms with van der Waals surface area (Å²) in [6.07, 6.45) is 10.1. The van der Waals surface area contributed by atoms with Crippen molar-refractivity contribution in [2.75, 3.05) is 38.3 Å². The number of rotatable bonds is 5. The van der Waals surface area contributed by atoms with Gasteiger partial charge in [0, 0.05) is 37.4 Å². The van der Waals surface area contributed by atoms with E-state index in [9.17, 15) is 0 Å². The molecule has 0 atom stereocenters. The van der Waals surface area contributed by atoms with Gasteiger partial charge in [0.2, 0.25) is 0 Å². The van der Waals surface area contributed by atoms with E-state index in [0.717, 1.165) is 61.4 Å². The molecule has 2 aliphatic rings. The van der Waals surface area contributed by atoms with E-state index in [1.165, 1.54) is 35.1 Å². The highest BCUT2D eigenvalue weighted by Crippen LogP contribution is 2.39. The maximum absolute atomic E-state index is 5.49. The Bertz CT molecular complexity index is 986. The third-order valence-electron chi connectivity index (χ3n) is 5.69.